The maximum atomic E-state index is 11.6. The average Bonchev–Trinajstić information content (AvgIpc) is 2.30. The Kier molecular flexibility index (Phi) is 2.83. The van der Waals surface area contributed by atoms with Crippen molar-refractivity contribution in [3.8, 4) is 16.9 Å². The van der Waals surface area contributed by atoms with E-state index in [0.29, 0.717) is 16.7 Å². The van der Waals surface area contributed by atoms with Crippen molar-refractivity contribution in [2.75, 3.05) is 0 Å². The first-order valence-corrected chi connectivity index (χ1v) is 5.20. The lowest BCUT2D eigenvalue weighted by Crippen LogP contribution is -2.00. The van der Waals surface area contributed by atoms with Crippen LogP contribution in [0.25, 0.3) is 11.1 Å². The second-order valence-corrected chi connectivity index (χ2v) is 3.83. The first kappa shape index (κ1) is 11.2. The minimum absolute atomic E-state index is 0.104. The first-order chi connectivity index (χ1) is 8.09. The molecule has 0 aliphatic rings. The highest BCUT2D eigenvalue weighted by Crippen LogP contribution is 2.28. The van der Waals surface area contributed by atoms with Crippen molar-refractivity contribution in [2.45, 2.75) is 6.92 Å². The van der Waals surface area contributed by atoms with Crippen LogP contribution in [-0.4, -0.2) is 11.1 Å². The van der Waals surface area contributed by atoms with Gasteiger partial charge in [0.25, 0.3) is 0 Å². The Balaban J connectivity index is 2.58. The molecule has 0 aliphatic carbocycles. The van der Waals surface area contributed by atoms with Crippen molar-refractivity contribution in [3.05, 3.63) is 53.6 Å². The molecule has 0 saturated heterocycles. The monoisotopic (exact) mass is 227 g/mol. The lowest BCUT2D eigenvalue weighted by atomic mass is 9.99. The molecular weight excluding hydrogens is 216 g/mol. The molecular formula is C14H11O3-. The highest BCUT2D eigenvalue weighted by Gasteiger charge is 2.08. The molecule has 17 heavy (non-hydrogen) atoms. The quantitative estimate of drug-likeness (QED) is 0.857. The van der Waals surface area contributed by atoms with Crippen LogP contribution in [0.1, 0.15) is 15.9 Å². The molecule has 0 heterocycles. The van der Waals surface area contributed by atoms with Gasteiger partial charge in [-0.2, -0.15) is 0 Å². The van der Waals surface area contributed by atoms with Crippen LogP contribution in [0.3, 0.4) is 0 Å². The summed E-state index contributed by atoms with van der Waals surface area (Å²) in [5, 5.41) is 20.7. The number of rotatable bonds is 2. The van der Waals surface area contributed by atoms with Gasteiger partial charge < -0.3 is 10.2 Å². The Hall–Kier alpha value is -2.29. The first-order valence-electron chi connectivity index (χ1n) is 5.20. The molecule has 0 spiro atoms. The zero-order valence-electron chi connectivity index (χ0n) is 9.31. The van der Waals surface area contributed by atoms with Gasteiger partial charge in [0.05, 0.1) is 5.56 Å². The number of carboxylic acid groups (broad SMARTS) is 1. The van der Waals surface area contributed by atoms with Gasteiger partial charge in [0.15, 0.2) is 0 Å². The van der Waals surface area contributed by atoms with Crippen molar-refractivity contribution in [1.29, 1.82) is 0 Å². The van der Waals surface area contributed by atoms with Gasteiger partial charge in [-0.15, -0.1) is 5.75 Å². The number of carbonyl (C=O) groups is 1. The van der Waals surface area contributed by atoms with Crippen molar-refractivity contribution in [2.24, 2.45) is 0 Å². The standard InChI is InChI=1S/C14H12O3/c1-9-6-7-10(8-12(9)14(16)17)11-4-2-3-5-13(11)15/h2-8,15H,1H3,(H,16,17)/p-1. The summed E-state index contributed by atoms with van der Waals surface area (Å²) in [6.45, 7) is 1.73. The number of benzene rings is 2. The molecule has 0 radical (unpaired) electrons. The van der Waals surface area contributed by atoms with Gasteiger partial charge >= 0.3 is 5.97 Å². The third-order valence-corrected chi connectivity index (χ3v) is 2.67. The van der Waals surface area contributed by atoms with Crippen LogP contribution in [-0.2, 0) is 0 Å². The Labute approximate surface area is 99.0 Å². The molecule has 0 aliphatic heterocycles. The van der Waals surface area contributed by atoms with Crippen LogP contribution < -0.4 is 5.11 Å². The topological polar surface area (TPSA) is 60.4 Å². The fourth-order valence-electron chi connectivity index (χ4n) is 1.73. The second-order valence-electron chi connectivity index (χ2n) is 3.83. The van der Waals surface area contributed by atoms with E-state index in [0.717, 1.165) is 0 Å². The minimum Gasteiger partial charge on any atom is -0.872 e. The molecule has 0 fully saturated rings. The highest BCUT2D eigenvalue weighted by atomic mass is 16.4. The largest absolute Gasteiger partial charge is 0.872 e. The molecule has 3 nitrogen and oxygen atoms in total. The Morgan fingerprint density at radius 3 is 2.53 bits per heavy atom. The molecule has 2 aromatic carbocycles. The van der Waals surface area contributed by atoms with Crippen molar-refractivity contribution in [1.82, 2.24) is 0 Å². The van der Waals surface area contributed by atoms with Crippen LogP contribution >= 0.6 is 0 Å². The van der Waals surface area contributed by atoms with E-state index in [1.807, 2.05) is 0 Å². The second kappa shape index (κ2) is 4.29. The molecule has 0 saturated carbocycles. The normalized spacial score (nSPS) is 10.2. The predicted octanol–water partition coefficient (Wildman–Crippen LogP) is 2.43. The molecule has 1 N–H and O–H groups in total. The predicted molar refractivity (Wildman–Crippen MR) is 63.0 cm³/mol. The molecule has 2 aromatic rings. The van der Waals surface area contributed by atoms with Gasteiger partial charge in [-0.05, 0) is 29.7 Å². The van der Waals surface area contributed by atoms with Gasteiger partial charge in [0.2, 0.25) is 0 Å². The smallest absolute Gasteiger partial charge is 0.335 e. The third-order valence-electron chi connectivity index (χ3n) is 2.67. The third kappa shape index (κ3) is 2.13. The molecule has 2 rings (SSSR count). The van der Waals surface area contributed by atoms with Crippen molar-refractivity contribution < 1.29 is 15.0 Å². The van der Waals surface area contributed by atoms with Crippen molar-refractivity contribution >= 4 is 5.97 Å². The van der Waals surface area contributed by atoms with Crippen molar-refractivity contribution in [3.63, 3.8) is 0 Å². The van der Waals surface area contributed by atoms with E-state index in [1.165, 1.54) is 12.1 Å². The number of para-hydroxylation sites is 1. The number of aromatic carboxylic acids is 1. The number of aryl methyl sites for hydroxylation is 1. The molecule has 0 atom stereocenters. The summed E-state index contributed by atoms with van der Waals surface area (Å²) in [4.78, 5) is 11.0. The van der Waals surface area contributed by atoms with E-state index in [4.69, 9.17) is 5.11 Å². The number of hydrogen-bond acceptors (Lipinski definition) is 2. The van der Waals surface area contributed by atoms with Crippen LogP contribution in [0.2, 0.25) is 0 Å². The van der Waals surface area contributed by atoms with E-state index in [9.17, 15) is 9.90 Å². The van der Waals surface area contributed by atoms with E-state index in [1.54, 1.807) is 37.3 Å². The van der Waals surface area contributed by atoms with Gasteiger partial charge in [0.1, 0.15) is 0 Å². The summed E-state index contributed by atoms with van der Waals surface area (Å²) in [5.41, 5.74) is 2.07. The zero-order chi connectivity index (χ0) is 12.4. The lowest BCUT2D eigenvalue weighted by molar-refractivity contribution is -0.267. The summed E-state index contributed by atoms with van der Waals surface area (Å²) in [6.07, 6.45) is 0. The highest BCUT2D eigenvalue weighted by molar-refractivity contribution is 5.91. The molecule has 86 valence electrons. The molecule has 0 amide bonds. The lowest BCUT2D eigenvalue weighted by Gasteiger charge is -2.14. The SMILES string of the molecule is Cc1ccc(-c2ccccc2[O-])cc1C(=O)O. The van der Waals surface area contributed by atoms with Crippen LogP contribution in [0, 0.1) is 6.92 Å². The average molecular weight is 227 g/mol. The summed E-state index contributed by atoms with van der Waals surface area (Å²) in [5.74, 6) is -1.08. The van der Waals surface area contributed by atoms with Gasteiger partial charge in [-0.3, -0.25) is 0 Å². The fourth-order valence-corrected chi connectivity index (χ4v) is 1.73. The fraction of sp³-hybridized carbons (Fsp3) is 0.0714. The summed E-state index contributed by atoms with van der Waals surface area (Å²) >= 11 is 0. The van der Waals surface area contributed by atoms with Gasteiger partial charge in [-0.1, -0.05) is 36.4 Å². The van der Waals surface area contributed by atoms with Crippen LogP contribution in [0.4, 0.5) is 0 Å². The van der Waals surface area contributed by atoms with Crippen LogP contribution in [0.5, 0.6) is 5.75 Å². The van der Waals surface area contributed by atoms with Gasteiger partial charge in [0, 0.05) is 0 Å². The maximum absolute atomic E-state index is 11.6. The van der Waals surface area contributed by atoms with E-state index >= 15 is 0 Å². The molecule has 3 heteroatoms. The van der Waals surface area contributed by atoms with Gasteiger partial charge in [-0.25, -0.2) is 4.79 Å². The minimum atomic E-state index is -0.979. The Morgan fingerprint density at radius 1 is 1.18 bits per heavy atom. The molecule has 0 unspecified atom stereocenters. The summed E-state index contributed by atoms with van der Waals surface area (Å²) < 4.78 is 0. The zero-order valence-corrected chi connectivity index (χ0v) is 9.31. The molecule has 0 bridgehead atoms. The van der Waals surface area contributed by atoms with E-state index in [-0.39, 0.29) is 11.3 Å². The Morgan fingerprint density at radius 2 is 1.88 bits per heavy atom. The summed E-state index contributed by atoms with van der Waals surface area (Å²) in [7, 11) is 0. The maximum Gasteiger partial charge on any atom is 0.335 e. The van der Waals surface area contributed by atoms with Crippen LogP contribution in [0.15, 0.2) is 42.5 Å². The van der Waals surface area contributed by atoms with E-state index < -0.39 is 5.97 Å². The van der Waals surface area contributed by atoms with E-state index in [2.05, 4.69) is 0 Å². The number of carboxylic acids is 1. The Bertz CT molecular complexity index is 573. The summed E-state index contributed by atoms with van der Waals surface area (Å²) in [6, 6.07) is 11.6. The number of hydrogen-bond donors (Lipinski definition) is 1. The molecule has 0 aromatic heterocycles.